The molecule has 12 nitrogen and oxygen atoms in total. The van der Waals surface area contributed by atoms with Crippen LogP contribution in [0.1, 0.15) is 67.2 Å². The first-order chi connectivity index (χ1) is 21.9. The Morgan fingerprint density at radius 3 is 2.24 bits per heavy atom. The van der Waals surface area contributed by atoms with E-state index in [1.54, 1.807) is 12.1 Å². The summed E-state index contributed by atoms with van der Waals surface area (Å²) in [5.74, 6) is -1.91. The Morgan fingerprint density at radius 1 is 0.891 bits per heavy atom. The first-order valence-electron chi connectivity index (χ1n) is 16.1. The van der Waals surface area contributed by atoms with Crippen molar-refractivity contribution in [2.24, 2.45) is 5.41 Å². The van der Waals surface area contributed by atoms with Crippen LogP contribution in [0.15, 0.2) is 42.5 Å². The lowest BCUT2D eigenvalue weighted by atomic mass is 9.71. The molecular formula is C34H40N6O6. The zero-order valence-electron chi connectivity index (χ0n) is 26.5. The van der Waals surface area contributed by atoms with E-state index in [9.17, 15) is 24.0 Å². The lowest BCUT2D eigenvalue weighted by molar-refractivity contribution is -0.136. The van der Waals surface area contributed by atoms with Crippen molar-refractivity contribution < 1.29 is 28.7 Å². The van der Waals surface area contributed by atoms with Crippen LogP contribution in [0.5, 0.6) is 0 Å². The van der Waals surface area contributed by atoms with E-state index in [2.05, 4.69) is 25.3 Å². The molecule has 12 heteroatoms. The van der Waals surface area contributed by atoms with Gasteiger partial charge in [0.1, 0.15) is 11.6 Å². The van der Waals surface area contributed by atoms with Crippen LogP contribution in [0.3, 0.4) is 0 Å². The first-order valence-corrected chi connectivity index (χ1v) is 16.1. The number of likely N-dealkylation sites (tertiary alicyclic amines) is 1. The van der Waals surface area contributed by atoms with Crippen molar-refractivity contribution >= 4 is 46.8 Å². The number of amides is 5. The molecule has 242 valence electrons. The van der Waals surface area contributed by atoms with Crippen molar-refractivity contribution in [3.63, 3.8) is 0 Å². The van der Waals surface area contributed by atoms with Gasteiger partial charge in [0.05, 0.1) is 16.8 Å². The number of fused-ring (bicyclic) bond motifs is 1. The summed E-state index contributed by atoms with van der Waals surface area (Å²) < 4.78 is 5.33. The smallest absolute Gasteiger partial charge is 0.412 e. The van der Waals surface area contributed by atoms with Gasteiger partial charge in [-0.05, 0) is 76.4 Å². The first kappa shape index (κ1) is 30.2. The molecule has 5 amide bonds. The molecule has 0 radical (unpaired) electrons. The van der Waals surface area contributed by atoms with Gasteiger partial charge in [0, 0.05) is 68.5 Å². The van der Waals surface area contributed by atoms with Crippen LogP contribution >= 0.6 is 0 Å². The summed E-state index contributed by atoms with van der Waals surface area (Å²) >= 11 is 0. The molecule has 1 spiro atoms. The Hall–Kier alpha value is -4.45. The number of ether oxygens (including phenoxy) is 1. The number of nitrogens with zero attached hydrogens (tertiary/aromatic N) is 4. The fraction of sp³-hybridized carbons (Fsp3) is 0.500. The number of carbonyl (C=O) groups excluding carboxylic acids is 5. The number of benzene rings is 2. The zero-order valence-corrected chi connectivity index (χ0v) is 26.5. The van der Waals surface area contributed by atoms with Gasteiger partial charge in [0.2, 0.25) is 11.8 Å². The molecule has 4 saturated heterocycles. The lowest BCUT2D eigenvalue weighted by Gasteiger charge is -2.63. The SMILES string of the molecule is CC(C)(C)OC(=O)Nc1ccc(N2CC3(C2)CN(C2CCN(c4cccc5c4C(=O)N(C4CCC(=O)NC4=O)C5=O)CC2)C3)cc1. The van der Waals surface area contributed by atoms with Crippen molar-refractivity contribution in [1.82, 2.24) is 15.1 Å². The van der Waals surface area contributed by atoms with Crippen LogP contribution in [-0.2, 0) is 14.3 Å². The second kappa shape index (κ2) is 11.1. The molecule has 1 unspecified atom stereocenters. The molecule has 5 heterocycles. The third-order valence-electron chi connectivity index (χ3n) is 9.77. The van der Waals surface area contributed by atoms with Gasteiger partial charge < -0.3 is 14.5 Å². The molecule has 0 saturated carbocycles. The van der Waals surface area contributed by atoms with Gasteiger partial charge in [-0.2, -0.15) is 0 Å². The number of rotatable bonds is 5. The predicted octanol–water partition coefficient (Wildman–Crippen LogP) is 3.23. The molecule has 7 rings (SSSR count). The van der Waals surface area contributed by atoms with Crippen molar-refractivity contribution in [3.05, 3.63) is 53.6 Å². The molecule has 5 aliphatic heterocycles. The van der Waals surface area contributed by atoms with Crippen molar-refractivity contribution in [3.8, 4) is 0 Å². The summed E-state index contributed by atoms with van der Waals surface area (Å²) in [5, 5.41) is 5.04. The van der Waals surface area contributed by atoms with Gasteiger partial charge in [-0.25, -0.2) is 4.79 Å². The number of hydrogen-bond acceptors (Lipinski definition) is 9. The summed E-state index contributed by atoms with van der Waals surface area (Å²) in [6.07, 6.45) is 1.72. The lowest BCUT2D eigenvalue weighted by Crippen LogP contribution is -2.74. The summed E-state index contributed by atoms with van der Waals surface area (Å²) in [6, 6.07) is 12.7. The topological polar surface area (TPSA) is 132 Å². The van der Waals surface area contributed by atoms with Gasteiger partial charge in [-0.15, -0.1) is 0 Å². The number of carbonyl (C=O) groups is 5. The number of hydrogen-bond donors (Lipinski definition) is 2. The van der Waals surface area contributed by atoms with E-state index < -0.39 is 35.5 Å². The highest BCUT2D eigenvalue weighted by Gasteiger charge is 2.53. The molecule has 0 bridgehead atoms. The summed E-state index contributed by atoms with van der Waals surface area (Å²) in [5.41, 5.74) is 3.05. The highest BCUT2D eigenvalue weighted by atomic mass is 16.6. The van der Waals surface area contributed by atoms with Crippen LogP contribution in [0.2, 0.25) is 0 Å². The Bertz CT molecular complexity index is 1590. The van der Waals surface area contributed by atoms with Crippen molar-refractivity contribution in [1.29, 1.82) is 0 Å². The highest BCUT2D eigenvalue weighted by Crippen LogP contribution is 2.44. The average molecular weight is 629 g/mol. The monoisotopic (exact) mass is 628 g/mol. The Labute approximate surface area is 268 Å². The second-order valence-corrected chi connectivity index (χ2v) is 14.3. The molecule has 2 aromatic rings. The number of anilines is 3. The highest BCUT2D eigenvalue weighted by molar-refractivity contribution is 6.25. The molecule has 4 fully saturated rings. The van der Waals surface area contributed by atoms with E-state index >= 15 is 0 Å². The summed E-state index contributed by atoms with van der Waals surface area (Å²) in [7, 11) is 0. The Kier molecular flexibility index (Phi) is 7.30. The average Bonchev–Trinajstić information content (AvgIpc) is 3.21. The molecule has 0 aliphatic carbocycles. The van der Waals surface area contributed by atoms with E-state index in [1.807, 2.05) is 51.1 Å². The summed E-state index contributed by atoms with van der Waals surface area (Å²) in [6.45, 7) is 11.2. The third-order valence-corrected chi connectivity index (χ3v) is 9.77. The number of imide groups is 2. The van der Waals surface area contributed by atoms with E-state index in [1.165, 1.54) is 0 Å². The van der Waals surface area contributed by atoms with E-state index in [0.29, 0.717) is 28.3 Å². The molecule has 0 aromatic heterocycles. The molecular weight excluding hydrogens is 588 g/mol. The maximum absolute atomic E-state index is 13.5. The minimum Gasteiger partial charge on any atom is -0.444 e. The maximum Gasteiger partial charge on any atom is 0.412 e. The number of piperidine rings is 2. The quantitative estimate of drug-likeness (QED) is 0.479. The fourth-order valence-corrected chi connectivity index (χ4v) is 7.63. The Balaban J connectivity index is 0.906. The minimum atomic E-state index is -0.967. The van der Waals surface area contributed by atoms with Gasteiger partial charge in [-0.3, -0.25) is 39.6 Å². The zero-order chi connectivity index (χ0) is 32.4. The van der Waals surface area contributed by atoms with Crippen LogP contribution in [-0.4, -0.2) is 96.5 Å². The maximum atomic E-state index is 13.5. The molecule has 2 N–H and O–H groups in total. The van der Waals surface area contributed by atoms with Crippen molar-refractivity contribution in [2.75, 3.05) is 54.4 Å². The van der Waals surface area contributed by atoms with Gasteiger partial charge >= 0.3 is 6.09 Å². The standard InChI is InChI=1S/C34H40N6O6/c1-33(2,3)46-32(45)35-21-7-9-22(10-8-21)38-17-34(18-38)19-39(20-34)23-13-15-37(16-14-23)25-6-4-5-24-28(25)31(44)40(30(24)43)26-11-12-27(41)36-29(26)42/h4-10,23,26H,11-20H2,1-3H3,(H,35,45)(H,36,41,42). The summed E-state index contributed by atoms with van der Waals surface area (Å²) in [4.78, 5) is 71.2. The normalized spacial score (nSPS) is 23.2. The van der Waals surface area contributed by atoms with Crippen LogP contribution in [0.25, 0.3) is 0 Å². The van der Waals surface area contributed by atoms with Crippen molar-refractivity contribution in [2.45, 2.75) is 64.1 Å². The van der Waals surface area contributed by atoms with Crippen LogP contribution in [0.4, 0.5) is 21.9 Å². The van der Waals surface area contributed by atoms with Gasteiger partial charge in [0.25, 0.3) is 11.8 Å². The van der Waals surface area contributed by atoms with Crippen LogP contribution < -0.4 is 20.4 Å². The van der Waals surface area contributed by atoms with E-state index in [4.69, 9.17) is 4.74 Å². The minimum absolute atomic E-state index is 0.0994. The second-order valence-electron chi connectivity index (χ2n) is 14.3. The van der Waals surface area contributed by atoms with Gasteiger partial charge in [-0.1, -0.05) is 6.07 Å². The Morgan fingerprint density at radius 2 is 1.59 bits per heavy atom. The molecule has 46 heavy (non-hydrogen) atoms. The van der Waals surface area contributed by atoms with E-state index in [0.717, 1.165) is 68.4 Å². The predicted molar refractivity (Wildman–Crippen MR) is 171 cm³/mol. The molecule has 2 aromatic carbocycles. The van der Waals surface area contributed by atoms with E-state index in [-0.39, 0.29) is 18.7 Å². The largest absolute Gasteiger partial charge is 0.444 e. The van der Waals surface area contributed by atoms with Gasteiger partial charge in [0.15, 0.2) is 0 Å². The third kappa shape index (κ3) is 5.48. The number of nitrogens with one attached hydrogen (secondary N) is 2. The molecule has 5 aliphatic rings. The fourth-order valence-electron chi connectivity index (χ4n) is 7.63. The molecule has 1 atom stereocenters. The van der Waals surface area contributed by atoms with Crippen LogP contribution in [0, 0.1) is 5.41 Å².